The second-order valence-corrected chi connectivity index (χ2v) is 8.71. The summed E-state index contributed by atoms with van der Waals surface area (Å²) in [5.74, 6) is -0.410. The van der Waals surface area contributed by atoms with E-state index in [2.05, 4.69) is 11.9 Å². The van der Waals surface area contributed by atoms with Crippen LogP contribution in [0.15, 0.2) is 78.8 Å². The Morgan fingerprint density at radius 2 is 1.53 bits per heavy atom. The first-order valence-corrected chi connectivity index (χ1v) is 11.9. The molecule has 0 spiro atoms. The fourth-order valence-electron chi connectivity index (χ4n) is 4.34. The van der Waals surface area contributed by atoms with E-state index in [4.69, 9.17) is 0 Å². The van der Waals surface area contributed by atoms with Crippen molar-refractivity contribution in [1.82, 2.24) is 14.8 Å². The molecule has 0 radical (unpaired) electrons. The maximum atomic E-state index is 13.7. The molecule has 0 N–H and O–H groups in total. The third-order valence-corrected chi connectivity index (χ3v) is 6.52. The summed E-state index contributed by atoms with van der Waals surface area (Å²) in [7, 11) is 0. The third kappa shape index (κ3) is 4.93. The van der Waals surface area contributed by atoms with E-state index in [1.54, 1.807) is 12.4 Å². The summed E-state index contributed by atoms with van der Waals surface area (Å²) in [6, 6.07) is 19.9. The van der Waals surface area contributed by atoms with E-state index < -0.39 is 0 Å². The van der Waals surface area contributed by atoms with E-state index >= 15 is 0 Å². The van der Waals surface area contributed by atoms with Gasteiger partial charge in [-0.15, -0.1) is 0 Å². The molecular formula is C29H31N3O2. The summed E-state index contributed by atoms with van der Waals surface area (Å²) >= 11 is 0. The number of hydrogen-bond acceptors (Lipinski definition) is 4. The maximum Gasteiger partial charge on any atom is 0.277 e. The SMILES string of the molecule is CCN(CCc1ccncc1)C1=C(c2ccc(C)c(C)c2)C(=O)N(CCc2ccccc2)C1=O. The minimum Gasteiger partial charge on any atom is -0.366 e. The van der Waals surface area contributed by atoms with Gasteiger partial charge in [-0.2, -0.15) is 0 Å². The Kier molecular flexibility index (Phi) is 7.21. The molecule has 1 aromatic heterocycles. The largest absolute Gasteiger partial charge is 0.366 e. The van der Waals surface area contributed by atoms with Gasteiger partial charge in [-0.1, -0.05) is 48.5 Å². The van der Waals surface area contributed by atoms with Crippen molar-refractivity contribution in [2.24, 2.45) is 0 Å². The van der Waals surface area contributed by atoms with Crippen molar-refractivity contribution in [3.63, 3.8) is 0 Å². The topological polar surface area (TPSA) is 53.5 Å². The second-order valence-electron chi connectivity index (χ2n) is 8.71. The highest BCUT2D eigenvalue weighted by Crippen LogP contribution is 2.33. The van der Waals surface area contributed by atoms with Crippen molar-refractivity contribution in [3.8, 4) is 0 Å². The third-order valence-electron chi connectivity index (χ3n) is 6.52. The van der Waals surface area contributed by atoms with E-state index in [0.29, 0.717) is 37.3 Å². The number of likely N-dealkylation sites (N-methyl/N-ethyl adjacent to an activating group) is 1. The van der Waals surface area contributed by atoms with Gasteiger partial charge < -0.3 is 4.90 Å². The van der Waals surface area contributed by atoms with Gasteiger partial charge in [-0.3, -0.25) is 19.5 Å². The van der Waals surface area contributed by atoms with Gasteiger partial charge in [0.05, 0.1) is 5.57 Å². The van der Waals surface area contributed by atoms with Crippen LogP contribution in [0.5, 0.6) is 0 Å². The second kappa shape index (κ2) is 10.5. The zero-order valence-electron chi connectivity index (χ0n) is 20.1. The van der Waals surface area contributed by atoms with Gasteiger partial charge in [0.15, 0.2) is 0 Å². The molecule has 5 heteroatoms. The summed E-state index contributed by atoms with van der Waals surface area (Å²) in [6.07, 6.45) is 4.96. The van der Waals surface area contributed by atoms with Crippen LogP contribution >= 0.6 is 0 Å². The highest BCUT2D eigenvalue weighted by Gasteiger charge is 2.41. The number of benzene rings is 2. The first kappa shape index (κ1) is 23.4. The number of hydrogen-bond donors (Lipinski definition) is 0. The molecule has 5 nitrogen and oxygen atoms in total. The molecule has 0 atom stereocenters. The summed E-state index contributed by atoms with van der Waals surface area (Å²) in [6.45, 7) is 7.77. The average molecular weight is 454 g/mol. The van der Waals surface area contributed by atoms with E-state index in [0.717, 1.165) is 34.2 Å². The van der Waals surface area contributed by atoms with Gasteiger partial charge in [-0.05, 0) is 73.6 Å². The van der Waals surface area contributed by atoms with Gasteiger partial charge in [-0.25, -0.2) is 0 Å². The molecule has 3 aromatic rings. The van der Waals surface area contributed by atoms with Crippen molar-refractivity contribution < 1.29 is 9.59 Å². The Morgan fingerprint density at radius 1 is 0.824 bits per heavy atom. The lowest BCUT2D eigenvalue weighted by Crippen LogP contribution is -2.37. The molecule has 0 bridgehead atoms. The van der Waals surface area contributed by atoms with Crippen molar-refractivity contribution in [2.45, 2.75) is 33.6 Å². The monoisotopic (exact) mass is 453 g/mol. The lowest BCUT2D eigenvalue weighted by molar-refractivity contribution is -0.137. The minimum absolute atomic E-state index is 0.203. The van der Waals surface area contributed by atoms with Crippen LogP contribution in [0.3, 0.4) is 0 Å². The Balaban J connectivity index is 1.67. The van der Waals surface area contributed by atoms with Gasteiger partial charge in [0.1, 0.15) is 5.70 Å². The van der Waals surface area contributed by atoms with Crippen LogP contribution in [-0.2, 0) is 22.4 Å². The molecular weight excluding hydrogens is 422 g/mol. The van der Waals surface area contributed by atoms with Gasteiger partial charge in [0, 0.05) is 32.0 Å². The van der Waals surface area contributed by atoms with Gasteiger partial charge in [0.2, 0.25) is 0 Å². The van der Waals surface area contributed by atoms with Gasteiger partial charge in [0.25, 0.3) is 11.8 Å². The van der Waals surface area contributed by atoms with Crippen LogP contribution in [0.1, 0.15) is 34.7 Å². The first-order valence-electron chi connectivity index (χ1n) is 11.9. The van der Waals surface area contributed by atoms with Crippen LogP contribution < -0.4 is 0 Å². The summed E-state index contributed by atoms with van der Waals surface area (Å²) in [4.78, 5) is 34.9. The van der Waals surface area contributed by atoms with Crippen LogP contribution in [0, 0.1) is 13.8 Å². The standard InChI is InChI=1S/C29H31N3O2/c1-4-31(18-14-24-12-16-30-17-13-24)27-26(25-11-10-21(2)22(3)20-25)28(33)32(29(27)34)19-15-23-8-6-5-7-9-23/h5-13,16-17,20H,4,14-15,18-19H2,1-3H3. The number of aromatic nitrogens is 1. The van der Waals surface area contributed by atoms with Crippen LogP contribution in [0.25, 0.3) is 5.57 Å². The van der Waals surface area contributed by atoms with E-state index in [9.17, 15) is 9.59 Å². The molecule has 2 aromatic carbocycles. The fourth-order valence-corrected chi connectivity index (χ4v) is 4.34. The molecule has 1 aliphatic rings. The first-order chi connectivity index (χ1) is 16.5. The minimum atomic E-state index is -0.207. The number of pyridine rings is 1. The maximum absolute atomic E-state index is 13.7. The number of amides is 2. The number of imide groups is 1. The van der Waals surface area contributed by atoms with Crippen molar-refractivity contribution in [2.75, 3.05) is 19.6 Å². The molecule has 0 saturated carbocycles. The summed E-state index contributed by atoms with van der Waals surface area (Å²) in [5.41, 5.74) is 6.35. The Morgan fingerprint density at radius 3 is 2.21 bits per heavy atom. The molecule has 1 aliphatic heterocycles. The number of carbonyl (C=O) groups excluding carboxylic acids is 2. The average Bonchev–Trinajstić information content (AvgIpc) is 3.10. The molecule has 0 aliphatic carbocycles. The summed E-state index contributed by atoms with van der Waals surface area (Å²) in [5, 5.41) is 0. The number of aryl methyl sites for hydroxylation is 2. The smallest absolute Gasteiger partial charge is 0.277 e. The van der Waals surface area contributed by atoms with E-state index in [1.165, 1.54) is 4.90 Å². The highest BCUT2D eigenvalue weighted by molar-refractivity contribution is 6.35. The molecule has 0 fully saturated rings. The molecule has 2 amide bonds. The van der Waals surface area contributed by atoms with Crippen molar-refractivity contribution in [3.05, 3.63) is 107 Å². The predicted molar refractivity (Wildman–Crippen MR) is 135 cm³/mol. The molecule has 4 rings (SSSR count). The number of rotatable bonds is 9. The normalized spacial score (nSPS) is 13.7. The highest BCUT2D eigenvalue weighted by atomic mass is 16.2. The van der Waals surface area contributed by atoms with E-state index in [-0.39, 0.29) is 11.8 Å². The molecule has 2 heterocycles. The number of nitrogens with zero attached hydrogens (tertiary/aromatic N) is 3. The van der Waals surface area contributed by atoms with Crippen LogP contribution in [0.2, 0.25) is 0 Å². The summed E-state index contributed by atoms with van der Waals surface area (Å²) < 4.78 is 0. The molecule has 0 unspecified atom stereocenters. The Labute approximate surface area is 201 Å². The zero-order valence-corrected chi connectivity index (χ0v) is 20.1. The fraction of sp³-hybridized carbons (Fsp3) is 0.276. The molecule has 174 valence electrons. The van der Waals surface area contributed by atoms with E-state index in [1.807, 2.05) is 79.4 Å². The van der Waals surface area contributed by atoms with Gasteiger partial charge >= 0.3 is 0 Å². The zero-order chi connectivity index (χ0) is 24.1. The lowest BCUT2D eigenvalue weighted by atomic mass is 9.99. The quantitative estimate of drug-likeness (QED) is 0.445. The molecule has 0 saturated heterocycles. The number of carbonyl (C=O) groups is 2. The predicted octanol–water partition coefficient (Wildman–Crippen LogP) is 4.59. The Bertz CT molecular complexity index is 1200. The van der Waals surface area contributed by atoms with Crippen LogP contribution in [-0.4, -0.2) is 46.2 Å². The van der Waals surface area contributed by atoms with Crippen LogP contribution in [0.4, 0.5) is 0 Å². The van der Waals surface area contributed by atoms with Crippen molar-refractivity contribution >= 4 is 17.4 Å². The molecule has 34 heavy (non-hydrogen) atoms. The Hall–Kier alpha value is -3.73. The van der Waals surface area contributed by atoms with Crippen molar-refractivity contribution in [1.29, 1.82) is 0 Å². The lowest BCUT2D eigenvalue weighted by Gasteiger charge is -2.25.